The molecular weight excluding hydrogens is 298 g/mol. The third kappa shape index (κ3) is 4.00. The summed E-state index contributed by atoms with van der Waals surface area (Å²) in [5, 5.41) is 3.31. The van der Waals surface area contributed by atoms with E-state index in [9.17, 15) is 4.79 Å². The molecule has 0 aliphatic carbocycles. The van der Waals surface area contributed by atoms with Crippen LogP contribution in [0.1, 0.15) is 24.0 Å². The van der Waals surface area contributed by atoms with Gasteiger partial charge in [-0.2, -0.15) is 0 Å². The lowest BCUT2D eigenvalue weighted by atomic mass is 10.1. The summed E-state index contributed by atoms with van der Waals surface area (Å²) in [4.78, 5) is 16.9. The van der Waals surface area contributed by atoms with Crippen LogP contribution < -0.4 is 5.32 Å². The van der Waals surface area contributed by atoms with Gasteiger partial charge in [0.25, 0.3) is 0 Å². The van der Waals surface area contributed by atoms with Crippen molar-refractivity contribution in [2.24, 2.45) is 0 Å². The van der Waals surface area contributed by atoms with Gasteiger partial charge in [-0.1, -0.05) is 24.3 Å². The summed E-state index contributed by atoms with van der Waals surface area (Å²) in [6, 6.07) is 8.64. The molecule has 3 rings (SSSR count). The zero-order chi connectivity index (χ0) is 14.7. The zero-order valence-electron chi connectivity index (χ0n) is 13.3. The quantitative estimate of drug-likeness (QED) is 0.921. The fourth-order valence-electron chi connectivity index (χ4n) is 3.27. The van der Waals surface area contributed by atoms with Crippen molar-refractivity contribution in [3.8, 4) is 0 Å². The standard InChI is InChI=1S/C17H25N3O.ClH/c1-14-5-2-3-6-15(14)13-19-9-11-20(12-10-19)17(21)16-7-4-8-18-16;/h2-3,5-6,16,18H,4,7-13H2,1H3;1H. The van der Waals surface area contributed by atoms with E-state index in [-0.39, 0.29) is 18.4 Å². The van der Waals surface area contributed by atoms with Gasteiger partial charge in [-0.15, -0.1) is 12.4 Å². The van der Waals surface area contributed by atoms with Gasteiger partial charge in [0.15, 0.2) is 0 Å². The largest absolute Gasteiger partial charge is 0.339 e. The van der Waals surface area contributed by atoms with Crippen LogP contribution in [-0.2, 0) is 11.3 Å². The molecule has 1 aromatic rings. The smallest absolute Gasteiger partial charge is 0.239 e. The summed E-state index contributed by atoms with van der Waals surface area (Å²) in [6.45, 7) is 7.84. The van der Waals surface area contributed by atoms with Crippen LogP contribution in [0.5, 0.6) is 0 Å². The van der Waals surface area contributed by atoms with Crippen LogP contribution in [0.2, 0.25) is 0 Å². The highest BCUT2D eigenvalue weighted by molar-refractivity contribution is 5.85. The van der Waals surface area contributed by atoms with Crippen LogP contribution in [0.15, 0.2) is 24.3 Å². The van der Waals surface area contributed by atoms with Gasteiger partial charge in [-0.25, -0.2) is 0 Å². The minimum atomic E-state index is 0. The summed E-state index contributed by atoms with van der Waals surface area (Å²) < 4.78 is 0. The Balaban J connectivity index is 0.00000176. The number of aryl methyl sites for hydroxylation is 1. The molecule has 2 saturated heterocycles. The van der Waals surface area contributed by atoms with E-state index in [4.69, 9.17) is 0 Å². The van der Waals surface area contributed by atoms with Crippen LogP contribution >= 0.6 is 12.4 Å². The van der Waals surface area contributed by atoms with Crippen molar-refractivity contribution in [3.05, 3.63) is 35.4 Å². The summed E-state index contributed by atoms with van der Waals surface area (Å²) in [7, 11) is 0. The number of piperazine rings is 1. The summed E-state index contributed by atoms with van der Waals surface area (Å²) in [5.74, 6) is 0.308. The fourth-order valence-corrected chi connectivity index (χ4v) is 3.27. The first-order valence-corrected chi connectivity index (χ1v) is 8.03. The zero-order valence-corrected chi connectivity index (χ0v) is 14.1. The fraction of sp³-hybridized carbons (Fsp3) is 0.588. The first-order chi connectivity index (χ1) is 10.2. The van der Waals surface area contributed by atoms with Gasteiger partial charge in [-0.3, -0.25) is 9.69 Å². The molecule has 0 spiro atoms. The molecule has 0 bridgehead atoms. The van der Waals surface area contributed by atoms with E-state index >= 15 is 0 Å². The predicted octanol–water partition coefficient (Wildman–Crippen LogP) is 1.81. The number of hydrogen-bond acceptors (Lipinski definition) is 3. The second-order valence-electron chi connectivity index (χ2n) is 6.18. The number of nitrogens with one attached hydrogen (secondary N) is 1. The van der Waals surface area contributed by atoms with Crippen LogP contribution in [0, 0.1) is 6.92 Å². The molecule has 122 valence electrons. The summed E-state index contributed by atoms with van der Waals surface area (Å²) in [5.41, 5.74) is 2.75. The van der Waals surface area contributed by atoms with Crippen LogP contribution in [0.25, 0.3) is 0 Å². The molecule has 1 unspecified atom stereocenters. The van der Waals surface area contributed by atoms with Crippen molar-refractivity contribution in [1.82, 2.24) is 15.1 Å². The third-order valence-corrected chi connectivity index (χ3v) is 4.70. The van der Waals surface area contributed by atoms with Crippen molar-refractivity contribution in [3.63, 3.8) is 0 Å². The van der Waals surface area contributed by atoms with E-state index in [1.165, 1.54) is 11.1 Å². The summed E-state index contributed by atoms with van der Waals surface area (Å²) in [6.07, 6.45) is 2.13. The van der Waals surface area contributed by atoms with Crippen LogP contribution in [-0.4, -0.2) is 54.5 Å². The second-order valence-corrected chi connectivity index (χ2v) is 6.18. The van der Waals surface area contributed by atoms with Crippen molar-refractivity contribution in [2.45, 2.75) is 32.4 Å². The van der Waals surface area contributed by atoms with Gasteiger partial charge in [-0.05, 0) is 37.4 Å². The predicted molar refractivity (Wildman–Crippen MR) is 91.3 cm³/mol. The molecule has 2 heterocycles. The van der Waals surface area contributed by atoms with Crippen molar-refractivity contribution in [1.29, 1.82) is 0 Å². The number of carbonyl (C=O) groups is 1. The van der Waals surface area contributed by atoms with Crippen LogP contribution in [0.3, 0.4) is 0 Å². The van der Waals surface area contributed by atoms with Gasteiger partial charge in [0.2, 0.25) is 5.91 Å². The van der Waals surface area contributed by atoms with Gasteiger partial charge < -0.3 is 10.2 Å². The Labute approximate surface area is 139 Å². The summed E-state index contributed by atoms with van der Waals surface area (Å²) >= 11 is 0. The second kappa shape index (κ2) is 7.95. The maximum absolute atomic E-state index is 12.4. The van der Waals surface area contributed by atoms with Gasteiger partial charge in [0, 0.05) is 32.7 Å². The van der Waals surface area contributed by atoms with E-state index in [1.54, 1.807) is 0 Å². The Hall–Kier alpha value is -1.10. The maximum atomic E-state index is 12.4. The monoisotopic (exact) mass is 323 g/mol. The van der Waals surface area contributed by atoms with E-state index in [1.807, 2.05) is 4.90 Å². The van der Waals surface area contributed by atoms with Gasteiger partial charge in [0.1, 0.15) is 0 Å². The van der Waals surface area contributed by atoms with Crippen molar-refractivity contribution in [2.75, 3.05) is 32.7 Å². The molecule has 2 aliphatic rings. The SMILES string of the molecule is Cc1ccccc1CN1CCN(C(=O)C2CCCN2)CC1.Cl. The molecule has 1 aromatic carbocycles. The first-order valence-electron chi connectivity index (χ1n) is 8.03. The number of rotatable bonds is 3. The third-order valence-electron chi connectivity index (χ3n) is 4.70. The highest BCUT2D eigenvalue weighted by Gasteiger charge is 2.29. The number of nitrogens with zero attached hydrogens (tertiary/aromatic N) is 2. The van der Waals surface area contributed by atoms with E-state index in [0.717, 1.165) is 52.1 Å². The molecule has 2 fully saturated rings. The Kier molecular flexibility index (Phi) is 6.24. The number of carbonyl (C=O) groups excluding carboxylic acids is 1. The average molecular weight is 324 g/mol. The maximum Gasteiger partial charge on any atom is 0.239 e. The minimum absolute atomic E-state index is 0. The average Bonchev–Trinajstić information content (AvgIpc) is 3.04. The molecule has 1 atom stereocenters. The molecular formula is C17H26ClN3O. The van der Waals surface area contributed by atoms with Gasteiger partial charge >= 0.3 is 0 Å². The molecule has 2 aliphatic heterocycles. The Morgan fingerprint density at radius 1 is 1.23 bits per heavy atom. The molecule has 1 N–H and O–H groups in total. The van der Waals surface area contributed by atoms with Crippen molar-refractivity contribution >= 4 is 18.3 Å². The molecule has 4 nitrogen and oxygen atoms in total. The number of benzene rings is 1. The Morgan fingerprint density at radius 2 is 1.95 bits per heavy atom. The lowest BCUT2D eigenvalue weighted by molar-refractivity contribution is -0.134. The van der Waals surface area contributed by atoms with E-state index in [0.29, 0.717) is 5.91 Å². The molecule has 0 radical (unpaired) electrons. The Bertz CT molecular complexity index is 494. The Morgan fingerprint density at radius 3 is 2.59 bits per heavy atom. The van der Waals surface area contributed by atoms with Crippen LogP contribution in [0.4, 0.5) is 0 Å². The lowest BCUT2D eigenvalue weighted by Gasteiger charge is -2.36. The lowest BCUT2D eigenvalue weighted by Crippen LogP contribution is -2.52. The van der Waals surface area contributed by atoms with E-state index in [2.05, 4.69) is 41.4 Å². The number of halogens is 1. The van der Waals surface area contributed by atoms with Crippen molar-refractivity contribution < 1.29 is 4.79 Å². The molecule has 1 amide bonds. The number of hydrogen-bond donors (Lipinski definition) is 1. The topological polar surface area (TPSA) is 35.6 Å². The minimum Gasteiger partial charge on any atom is -0.339 e. The normalized spacial score (nSPS) is 22.4. The highest BCUT2D eigenvalue weighted by Crippen LogP contribution is 2.14. The first kappa shape index (κ1) is 17.3. The number of amides is 1. The molecule has 0 saturated carbocycles. The molecule has 0 aromatic heterocycles. The highest BCUT2D eigenvalue weighted by atomic mass is 35.5. The molecule has 22 heavy (non-hydrogen) atoms. The van der Waals surface area contributed by atoms with Gasteiger partial charge in [0.05, 0.1) is 6.04 Å². The molecule has 5 heteroatoms. The van der Waals surface area contributed by atoms with E-state index < -0.39 is 0 Å².